The van der Waals surface area contributed by atoms with Crippen LogP contribution >= 0.6 is 0 Å². The molecule has 0 aromatic heterocycles. The van der Waals surface area contributed by atoms with E-state index in [2.05, 4.69) is 10.6 Å². The molecule has 0 spiro atoms. The first-order valence-corrected chi connectivity index (χ1v) is 12.7. The Morgan fingerprint density at radius 3 is 1.88 bits per heavy atom. The summed E-state index contributed by atoms with van der Waals surface area (Å²) >= 11 is 0. The van der Waals surface area contributed by atoms with Crippen molar-refractivity contribution in [3.63, 3.8) is 0 Å². The topological polar surface area (TPSA) is 129 Å². The van der Waals surface area contributed by atoms with Gasteiger partial charge in [-0.2, -0.15) is 0 Å². The Labute approximate surface area is 201 Å². The third kappa shape index (κ3) is 13.3. The van der Waals surface area contributed by atoms with Crippen molar-refractivity contribution in [2.24, 2.45) is 5.92 Å². The summed E-state index contributed by atoms with van der Waals surface area (Å²) in [6.07, 6.45) is 10.9. The SMILES string of the molecule is O=C(CCCNC(=O)OCCOC(=O)CC1CCCCC1)OCCOC(=O)NC1CCCCC1. The molecule has 2 N–H and O–H groups in total. The minimum absolute atomic E-state index is 0.0000986. The fourth-order valence-corrected chi connectivity index (χ4v) is 4.27. The van der Waals surface area contributed by atoms with Crippen LogP contribution in [-0.2, 0) is 28.5 Å². The number of hydrogen-bond donors (Lipinski definition) is 2. The summed E-state index contributed by atoms with van der Waals surface area (Å²) in [5.74, 6) is -0.267. The number of esters is 2. The van der Waals surface area contributed by atoms with E-state index < -0.39 is 18.2 Å². The number of carbonyl (C=O) groups excluding carboxylic acids is 4. The fourth-order valence-electron chi connectivity index (χ4n) is 4.27. The highest BCUT2D eigenvalue weighted by Crippen LogP contribution is 2.26. The molecule has 2 rings (SSSR count). The average Bonchev–Trinajstić information content (AvgIpc) is 2.83. The molecule has 194 valence electrons. The van der Waals surface area contributed by atoms with Crippen molar-refractivity contribution in [1.29, 1.82) is 0 Å². The molecule has 2 saturated carbocycles. The monoisotopic (exact) mass is 484 g/mol. The molecule has 0 aliphatic heterocycles. The normalized spacial score (nSPS) is 16.8. The zero-order chi connectivity index (χ0) is 24.4. The van der Waals surface area contributed by atoms with Crippen LogP contribution < -0.4 is 10.6 Å². The highest BCUT2D eigenvalue weighted by molar-refractivity contribution is 5.70. The summed E-state index contributed by atoms with van der Waals surface area (Å²) in [5.41, 5.74) is 0. The van der Waals surface area contributed by atoms with Gasteiger partial charge in [-0.15, -0.1) is 0 Å². The number of alkyl carbamates (subject to hydrolysis) is 2. The van der Waals surface area contributed by atoms with Crippen LogP contribution in [-0.4, -0.2) is 63.1 Å². The number of rotatable bonds is 13. The summed E-state index contributed by atoms with van der Waals surface area (Å²) < 4.78 is 20.1. The average molecular weight is 485 g/mol. The molecule has 10 nitrogen and oxygen atoms in total. The number of carbonyl (C=O) groups is 4. The minimum Gasteiger partial charge on any atom is -0.462 e. The molecule has 10 heteroatoms. The predicted molar refractivity (Wildman–Crippen MR) is 123 cm³/mol. The largest absolute Gasteiger partial charge is 0.462 e. The van der Waals surface area contributed by atoms with Crippen molar-refractivity contribution < 1.29 is 38.1 Å². The van der Waals surface area contributed by atoms with Crippen molar-refractivity contribution in [2.75, 3.05) is 33.0 Å². The van der Waals surface area contributed by atoms with Gasteiger partial charge < -0.3 is 29.6 Å². The first kappa shape index (κ1) is 27.7. The number of ether oxygens (including phenoxy) is 4. The van der Waals surface area contributed by atoms with Gasteiger partial charge in [0.1, 0.15) is 26.4 Å². The molecule has 0 radical (unpaired) electrons. The first-order valence-electron chi connectivity index (χ1n) is 12.7. The Morgan fingerprint density at radius 1 is 0.647 bits per heavy atom. The second-order valence-electron chi connectivity index (χ2n) is 8.93. The van der Waals surface area contributed by atoms with Crippen molar-refractivity contribution >= 4 is 24.1 Å². The van der Waals surface area contributed by atoms with Crippen LogP contribution in [0.2, 0.25) is 0 Å². The summed E-state index contributed by atoms with van der Waals surface area (Å²) in [6, 6.07) is 0.171. The van der Waals surface area contributed by atoms with Gasteiger partial charge in [0.2, 0.25) is 0 Å². The smallest absolute Gasteiger partial charge is 0.407 e. The molecule has 2 fully saturated rings. The van der Waals surface area contributed by atoms with Crippen LogP contribution in [0.4, 0.5) is 9.59 Å². The Kier molecular flexibility index (Phi) is 13.9. The fraction of sp³-hybridized carbons (Fsp3) is 0.833. The molecule has 0 aromatic carbocycles. The van der Waals surface area contributed by atoms with Crippen LogP contribution in [0.25, 0.3) is 0 Å². The van der Waals surface area contributed by atoms with E-state index in [0.29, 0.717) is 18.8 Å². The van der Waals surface area contributed by atoms with Gasteiger partial charge in [0.05, 0.1) is 0 Å². The van der Waals surface area contributed by atoms with Crippen molar-refractivity contribution in [3.05, 3.63) is 0 Å². The van der Waals surface area contributed by atoms with Crippen LogP contribution in [0.15, 0.2) is 0 Å². The zero-order valence-electron chi connectivity index (χ0n) is 20.1. The van der Waals surface area contributed by atoms with Crippen LogP contribution in [0.5, 0.6) is 0 Å². The molecule has 0 saturated heterocycles. The maximum atomic E-state index is 11.8. The maximum Gasteiger partial charge on any atom is 0.407 e. The van der Waals surface area contributed by atoms with E-state index in [1.807, 2.05) is 0 Å². The molecule has 0 unspecified atom stereocenters. The Hall–Kier alpha value is -2.52. The van der Waals surface area contributed by atoms with Gasteiger partial charge in [0.15, 0.2) is 0 Å². The second-order valence-corrected chi connectivity index (χ2v) is 8.93. The van der Waals surface area contributed by atoms with E-state index in [-0.39, 0.29) is 51.4 Å². The maximum absolute atomic E-state index is 11.8. The summed E-state index contributed by atoms with van der Waals surface area (Å²) in [7, 11) is 0. The minimum atomic E-state index is -0.630. The van der Waals surface area contributed by atoms with Gasteiger partial charge in [-0.05, 0) is 38.0 Å². The van der Waals surface area contributed by atoms with E-state index in [1.54, 1.807) is 0 Å². The third-order valence-electron chi connectivity index (χ3n) is 6.09. The van der Waals surface area contributed by atoms with Crippen molar-refractivity contribution in [2.45, 2.75) is 89.5 Å². The quantitative estimate of drug-likeness (QED) is 0.230. The van der Waals surface area contributed by atoms with Crippen LogP contribution in [0.3, 0.4) is 0 Å². The van der Waals surface area contributed by atoms with Crippen molar-refractivity contribution in [1.82, 2.24) is 10.6 Å². The Balaban J connectivity index is 1.36. The molecule has 2 aliphatic carbocycles. The standard InChI is InChI=1S/C24H40N2O8/c27-21(31-14-17-34-24(30)26-20-10-5-2-6-11-20)12-7-13-25-23(29)33-16-15-32-22(28)18-19-8-3-1-4-9-19/h19-20H,1-18H2,(H,25,29)(H,26,30). The lowest BCUT2D eigenvalue weighted by Gasteiger charge is -2.22. The van der Waals surface area contributed by atoms with E-state index in [0.717, 1.165) is 38.5 Å². The molecule has 34 heavy (non-hydrogen) atoms. The molecular weight excluding hydrogens is 444 g/mol. The van der Waals surface area contributed by atoms with Crippen molar-refractivity contribution in [3.8, 4) is 0 Å². The highest BCUT2D eigenvalue weighted by Gasteiger charge is 2.18. The molecule has 0 atom stereocenters. The summed E-state index contributed by atoms with van der Waals surface area (Å²) in [4.78, 5) is 46.8. The lowest BCUT2D eigenvalue weighted by Crippen LogP contribution is -2.37. The molecular formula is C24H40N2O8. The molecule has 0 bridgehead atoms. The third-order valence-corrected chi connectivity index (χ3v) is 6.09. The van der Waals surface area contributed by atoms with Gasteiger partial charge >= 0.3 is 24.1 Å². The number of amides is 2. The lowest BCUT2D eigenvalue weighted by atomic mass is 9.87. The van der Waals surface area contributed by atoms with E-state index in [1.165, 1.54) is 25.7 Å². The Bertz CT molecular complexity index is 576. The summed E-state index contributed by atoms with van der Waals surface area (Å²) in [5, 5.41) is 5.35. The molecule has 2 aliphatic rings. The van der Waals surface area contributed by atoms with Gasteiger partial charge in [-0.1, -0.05) is 38.5 Å². The molecule has 0 heterocycles. The van der Waals surface area contributed by atoms with E-state index in [9.17, 15) is 19.2 Å². The second kappa shape index (κ2) is 17.0. The Morgan fingerprint density at radius 2 is 1.21 bits per heavy atom. The van der Waals surface area contributed by atoms with Gasteiger partial charge in [-0.25, -0.2) is 9.59 Å². The van der Waals surface area contributed by atoms with Crippen LogP contribution in [0, 0.1) is 5.92 Å². The highest BCUT2D eigenvalue weighted by atomic mass is 16.6. The van der Waals surface area contributed by atoms with Gasteiger partial charge in [-0.3, -0.25) is 9.59 Å². The number of nitrogens with one attached hydrogen (secondary N) is 2. The zero-order valence-corrected chi connectivity index (χ0v) is 20.1. The number of hydrogen-bond acceptors (Lipinski definition) is 8. The van der Waals surface area contributed by atoms with Crippen LogP contribution in [0.1, 0.15) is 83.5 Å². The molecule has 0 aromatic rings. The first-order chi connectivity index (χ1) is 16.5. The van der Waals surface area contributed by atoms with Gasteiger partial charge in [0, 0.05) is 25.4 Å². The van der Waals surface area contributed by atoms with Gasteiger partial charge in [0.25, 0.3) is 0 Å². The lowest BCUT2D eigenvalue weighted by molar-refractivity contribution is -0.146. The van der Waals surface area contributed by atoms with E-state index in [4.69, 9.17) is 18.9 Å². The predicted octanol–water partition coefficient (Wildman–Crippen LogP) is 3.61. The summed E-state index contributed by atoms with van der Waals surface area (Å²) in [6.45, 7) is 0.256. The van der Waals surface area contributed by atoms with E-state index >= 15 is 0 Å². The molecule has 2 amide bonds.